The number of nitrogens with two attached hydrogens (primary N) is 1. The predicted molar refractivity (Wildman–Crippen MR) is 76.4 cm³/mol. The standard InChI is InChI=1S/C14H18BrFN2O/c1-9(17)10-4-6-18(7-5-10)14(19)12-8-11(16)2-3-13(12)15/h2-3,8-10H,4-7,17H2,1H3. The van der Waals surface area contributed by atoms with E-state index < -0.39 is 5.82 Å². The number of likely N-dealkylation sites (tertiary alicyclic amines) is 1. The highest BCUT2D eigenvalue weighted by atomic mass is 79.9. The van der Waals surface area contributed by atoms with Gasteiger partial charge in [0.15, 0.2) is 0 Å². The van der Waals surface area contributed by atoms with Gasteiger partial charge in [-0.25, -0.2) is 4.39 Å². The van der Waals surface area contributed by atoms with Gasteiger partial charge in [0.05, 0.1) is 5.56 Å². The number of carbonyl (C=O) groups is 1. The Balaban J connectivity index is 2.07. The number of amides is 1. The molecule has 1 fully saturated rings. The van der Waals surface area contributed by atoms with Gasteiger partial charge in [0.25, 0.3) is 5.91 Å². The van der Waals surface area contributed by atoms with E-state index in [2.05, 4.69) is 15.9 Å². The van der Waals surface area contributed by atoms with E-state index in [1.54, 1.807) is 11.0 Å². The summed E-state index contributed by atoms with van der Waals surface area (Å²) in [7, 11) is 0. The fraction of sp³-hybridized carbons (Fsp3) is 0.500. The summed E-state index contributed by atoms with van der Waals surface area (Å²) in [6.07, 6.45) is 1.83. The van der Waals surface area contributed by atoms with Gasteiger partial charge in [-0.15, -0.1) is 0 Å². The van der Waals surface area contributed by atoms with Crippen molar-refractivity contribution in [3.8, 4) is 0 Å². The lowest BCUT2D eigenvalue weighted by Gasteiger charge is -2.33. The summed E-state index contributed by atoms with van der Waals surface area (Å²) in [5.41, 5.74) is 6.27. The van der Waals surface area contributed by atoms with Crippen molar-refractivity contribution in [3.63, 3.8) is 0 Å². The zero-order valence-electron chi connectivity index (χ0n) is 10.9. The van der Waals surface area contributed by atoms with Crippen LogP contribution in [-0.2, 0) is 0 Å². The minimum Gasteiger partial charge on any atom is -0.339 e. The highest BCUT2D eigenvalue weighted by Gasteiger charge is 2.26. The Labute approximate surface area is 121 Å². The SMILES string of the molecule is CC(N)C1CCN(C(=O)c2cc(F)ccc2Br)CC1. The van der Waals surface area contributed by atoms with Crippen LogP contribution in [0.2, 0.25) is 0 Å². The Bertz CT molecular complexity index is 471. The molecule has 1 amide bonds. The van der Waals surface area contributed by atoms with Gasteiger partial charge in [-0.2, -0.15) is 0 Å². The quantitative estimate of drug-likeness (QED) is 0.907. The average Bonchev–Trinajstić information content (AvgIpc) is 2.41. The molecule has 1 aliphatic rings. The van der Waals surface area contributed by atoms with Crippen molar-refractivity contribution < 1.29 is 9.18 Å². The lowest BCUT2D eigenvalue weighted by Crippen LogP contribution is -2.42. The normalized spacial score (nSPS) is 18.4. The van der Waals surface area contributed by atoms with Gasteiger partial charge in [0.1, 0.15) is 5.82 Å². The first kappa shape index (κ1) is 14.5. The molecular weight excluding hydrogens is 311 g/mol. The molecule has 1 atom stereocenters. The Hall–Kier alpha value is -0.940. The average molecular weight is 329 g/mol. The largest absolute Gasteiger partial charge is 0.339 e. The van der Waals surface area contributed by atoms with Gasteiger partial charge in [-0.05, 0) is 59.8 Å². The maximum Gasteiger partial charge on any atom is 0.255 e. The van der Waals surface area contributed by atoms with Crippen molar-refractivity contribution in [1.82, 2.24) is 4.90 Å². The Morgan fingerprint density at radius 1 is 1.47 bits per heavy atom. The molecule has 19 heavy (non-hydrogen) atoms. The lowest BCUT2D eigenvalue weighted by atomic mass is 9.90. The number of piperidine rings is 1. The van der Waals surface area contributed by atoms with Crippen molar-refractivity contribution in [2.45, 2.75) is 25.8 Å². The fourth-order valence-corrected chi connectivity index (χ4v) is 2.88. The highest BCUT2D eigenvalue weighted by molar-refractivity contribution is 9.10. The molecule has 2 rings (SSSR count). The van der Waals surface area contributed by atoms with E-state index in [1.165, 1.54) is 12.1 Å². The smallest absolute Gasteiger partial charge is 0.255 e. The third-order valence-corrected chi connectivity index (χ3v) is 4.42. The van der Waals surface area contributed by atoms with Crippen molar-refractivity contribution in [2.24, 2.45) is 11.7 Å². The highest BCUT2D eigenvalue weighted by Crippen LogP contribution is 2.24. The third kappa shape index (κ3) is 3.34. The number of carbonyl (C=O) groups excluding carboxylic acids is 1. The minimum absolute atomic E-state index is 0.116. The molecule has 5 heteroatoms. The number of halogens is 2. The molecule has 0 aliphatic carbocycles. The third-order valence-electron chi connectivity index (χ3n) is 3.73. The van der Waals surface area contributed by atoms with Crippen LogP contribution < -0.4 is 5.73 Å². The Morgan fingerprint density at radius 3 is 2.68 bits per heavy atom. The first-order chi connectivity index (χ1) is 8.99. The summed E-state index contributed by atoms with van der Waals surface area (Å²) in [6.45, 7) is 3.38. The molecule has 0 saturated carbocycles. The maximum absolute atomic E-state index is 13.2. The molecule has 1 saturated heterocycles. The number of rotatable bonds is 2. The van der Waals surface area contributed by atoms with Crippen LogP contribution in [0.25, 0.3) is 0 Å². The minimum atomic E-state index is -0.392. The number of benzene rings is 1. The van der Waals surface area contributed by atoms with Gasteiger partial charge in [0.2, 0.25) is 0 Å². The first-order valence-corrected chi connectivity index (χ1v) is 7.28. The summed E-state index contributed by atoms with van der Waals surface area (Å²) in [5.74, 6) is -0.0356. The predicted octanol–water partition coefficient (Wildman–Crippen LogP) is 2.79. The second-order valence-electron chi connectivity index (χ2n) is 5.11. The van der Waals surface area contributed by atoms with Crippen LogP contribution in [0.1, 0.15) is 30.1 Å². The van der Waals surface area contributed by atoms with Crippen LogP contribution in [0.4, 0.5) is 4.39 Å². The second-order valence-corrected chi connectivity index (χ2v) is 5.97. The molecule has 1 aliphatic heterocycles. The van der Waals surface area contributed by atoms with Gasteiger partial charge in [0, 0.05) is 23.6 Å². The Kier molecular flexibility index (Phi) is 4.58. The van der Waals surface area contributed by atoms with E-state index in [1.807, 2.05) is 6.92 Å². The van der Waals surface area contributed by atoms with E-state index >= 15 is 0 Å². The maximum atomic E-state index is 13.2. The van der Waals surface area contributed by atoms with E-state index in [0.717, 1.165) is 12.8 Å². The summed E-state index contributed by atoms with van der Waals surface area (Å²) < 4.78 is 13.9. The van der Waals surface area contributed by atoms with Crippen LogP contribution >= 0.6 is 15.9 Å². The molecule has 0 aromatic heterocycles. The second kappa shape index (κ2) is 6.01. The fourth-order valence-electron chi connectivity index (χ4n) is 2.46. The monoisotopic (exact) mass is 328 g/mol. The number of hydrogen-bond donors (Lipinski definition) is 1. The molecular formula is C14H18BrFN2O. The topological polar surface area (TPSA) is 46.3 Å². The van der Waals surface area contributed by atoms with Crippen molar-refractivity contribution in [3.05, 3.63) is 34.1 Å². The summed E-state index contributed by atoms with van der Waals surface area (Å²) in [4.78, 5) is 14.1. The molecule has 0 bridgehead atoms. The van der Waals surface area contributed by atoms with Gasteiger partial charge in [-0.1, -0.05) is 0 Å². The van der Waals surface area contributed by atoms with Gasteiger partial charge in [-0.3, -0.25) is 4.79 Å². The molecule has 3 nitrogen and oxygen atoms in total. The lowest BCUT2D eigenvalue weighted by molar-refractivity contribution is 0.0679. The summed E-state index contributed by atoms with van der Waals surface area (Å²) >= 11 is 3.30. The van der Waals surface area contributed by atoms with Crippen LogP contribution in [-0.4, -0.2) is 29.9 Å². The van der Waals surface area contributed by atoms with Crippen LogP contribution in [0, 0.1) is 11.7 Å². The molecule has 0 radical (unpaired) electrons. The van der Waals surface area contributed by atoms with Crippen LogP contribution in [0.15, 0.2) is 22.7 Å². The zero-order chi connectivity index (χ0) is 14.0. The van der Waals surface area contributed by atoms with Crippen molar-refractivity contribution >= 4 is 21.8 Å². The zero-order valence-corrected chi connectivity index (χ0v) is 12.5. The van der Waals surface area contributed by atoms with E-state index in [9.17, 15) is 9.18 Å². The van der Waals surface area contributed by atoms with Crippen LogP contribution in [0.3, 0.4) is 0 Å². The molecule has 0 spiro atoms. The molecule has 1 heterocycles. The molecule has 1 aromatic rings. The van der Waals surface area contributed by atoms with Crippen molar-refractivity contribution in [1.29, 1.82) is 0 Å². The van der Waals surface area contributed by atoms with E-state index in [0.29, 0.717) is 29.0 Å². The van der Waals surface area contributed by atoms with Crippen LogP contribution in [0.5, 0.6) is 0 Å². The van der Waals surface area contributed by atoms with Crippen molar-refractivity contribution in [2.75, 3.05) is 13.1 Å². The summed E-state index contributed by atoms with van der Waals surface area (Å²) in [5, 5.41) is 0. The van der Waals surface area contributed by atoms with Gasteiger partial charge >= 0.3 is 0 Å². The molecule has 1 aromatic carbocycles. The summed E-state index contributed by atoms with van der Waals surface area (Å²) in [6, 6.07) is 4.35. The van der Waals surface area contributed by atoms with E-state index in [-0.39, 0.29) is 11.9 Å². The van der Waals surface area contributed by atoms with Gasteiger partial charge < -0.3 is 10.6 Å². The molecule has 104 valence electrons. The number of hydrogen-bond acceptors (Lipinski definition) is 2. The molecule has 1 unspecified atom stereocenters. The number of nitrogens with zero attached hydrogens (tertiary/aromatic N) is 1. The molecule has 2 N–H and O–H groups in total. The first-order valence-electron chi connectivity index (χ1n) is 6.49. The Morgan fingerprint density at radius 2 is 2.11 bits per heavy atom. The van der Waals surface area contributed by atoms with E-state index in [4.69, 9.17) is 5.73 Å².